The van der Waals surface area contributed by atoms with Gasteiger partial charge in [-0.3, -0.25) is 19.3 Å². The molecule has 0 bridgehead atoms. The SMILES string of the molecule is CO/N=C(/C(=O)CBr)C(=O)N[C@@H]1C(=O)N2C(OC(=O)O)=C(CSc3nnnn3C)CS[C@H]12. The number of oxime groups is 1. The molecule has 1 aromatic heterocycles. The fraction of sp³-hybridized carbons (Fsp3) is 0.467. The monoisotopic (exact) mass is 549 g/mol. The maximum atomic E-state index is 12.8. The van der Waals surface area contributed by atoms with Crippen LogP contribution in [0.2, 0.25) is 0 Å². The van der Waals surface area contributed by atoms with E-state index in [1.807, 2.05) is 0 Å². The molecule has 17 heteroatoms. The second-order valence-electron chi connectivity index (χ2n) is 6.19. The van der Waals surface area contributed by atoms with E-state index in [1.54, 1.807) is 7.05 Å². The molecule has 1 fully saturated rings. The second-order valence-corrected chi connectivity index (χ2v) is 8.80. The Hall–Kier alpha value is -2.66. The number of ketones is 1. The Morgan fingerprint density at radius 2 is 2.19 bits per heavy atom. The van der Waals surface area contributed by atoms with E-state index in [0.717, 1.165) is 4.90 Å². The molecule has 2 amide bonds. The fourth-order valence-corrected chi connectivity index (χ4v) is 5.35. The molecule has 32 heavy (non-hydrogen) atoms. The molecule has 2 aliphatic heterocycles. The van der Waals surface area contributed by atoms with Crippen molar-refractivity contribution in [2.24, 2.45) is 12.2 Å². The minimum atomic E-state index is -1.58. The molecule has 0 aliphatic carbocycles. The Kier molecular flexibility index (Phi) is 7.73. The second kappa shape index (κ2) is 10.3. The topological polar surface area (TPSA) is 178 Å². The number of alkyl halides is 1. The van der Waals surface area contributed by atoms with Gasteiger partial charge in [0, 0.05) is 24.1 Å². The minimum absolute atomic E-state index is 0.110. The summed E-state index contributed by atoms with van der Waals surface area (Å²) in [7, 11) is 2.84. The van der Waals surface area contributed by atoms with Crippen LogP contribution in [0.5, 0.6) is 0 Å². The number of tetrazole rings is 1. The smallest absolute Gasteiger partial charge is 0.449 e. The van der Waals surface area contributed by atoms with Crippen molar-refractivity contribution < 1.29 is 33.9 Å². The van der Waals surface area contributed by atoms with Gasteiger partial charge in [-0.1, -0.05) is 32.8 Å². The quantitative estimate of drug-likeness (QED) is 0.0773. The number of carboxylic acid groups (broad SMARTS) is 1. The Bertz CT molecular complexity index is 1010. The highest BCUT2D eigenvalue weighted by Gasteiger charge is 2.54. The Balaban J connectivity index is 1.76. The average Bonchev–Trinajstić information content (AvgIpc) is 3.17. The van der Waals surface area contributed by atoms with E-state index in [1.165, 1.54) is 35.3 Å². The number of ether oxygens (including phenoxy) is 1. The highest BCUT2D eigenvalue weighted by atomic mass is 79.9. The van der Waals surface area contributed by atoms with Crippen LogP contribution in [0.4, 0.5) is 4.79 Å². The van der Waals surface area contributed by atoms with Crippen molar-refractivity contribution in [1.82, 2.24) is 30.4 Å². The summed E-state index contributed by atoms with van der Waals surface area (Å²) in [5.41, 5.74) is 0.0549. The normalized spacial score (nSPS) is 20.4. The van der Waals surface area contributed by atoms with Crippen molar-refractivity contribution >= 4 is 68.9 Å². The lowest BCUT2D eigenvalue weighted by Gasteiger charge is -2.49. The predicted octanol–water partition coefficient (Wildman–Crippen LogP) is -0.425. The summed E-state index contributed by atoms with van der Waals surface area (Å²) >= 11 is 5.51. The fourth-order valence-electron chi connectivity index (χ4n) is 2.79. The molecule has 0 unspecified atom stereocenters. The molecular weight excluding hydrogens is 534 g/mol. The first-order chi connectivity index (χ1) is 15.3. The van der Waals surface area contributed by atoms with Gasteiger partial charge in [0.1, 0.15) is 18.5 Å². The number of aromatic nitrogens is 4. The van der Waals surface area contributed by atoms with E-state index in [9.17, 15) is 19.2 Å². The maximum Gasteiger partial charge on any atom is 0.512 e. The van der Waals surface area contributed by atoms with Gasteiger partial charge in [-0.25, -0.2) is 9.48 Å². The van der Waals surface area contributed by atoms with Gasteiger partial charge in [-0.05, 0) is 10.4 Å². The van der Waals surface area contributed by atoms with Crippen molar-refractivity contribution in [2.75, 3.05) is 23.9 Å². The summed E-state index contributed by atoms with van der Waals surface area (Å²) in [6.07, 6.45) is -1.58. The van der Waals surface area contributed by atoms with Crippen LogP contribution in [0, 0.1) is 0 Å². The number of hydrogen-bond acceptors (Lipinski definition) is 12. The first-order valence-corrected chi connectivity index (χ1v) is 11.9. The summed E-state index contributed by atoms with van der Waals surface area (Å²) < 4.78 is 6.36. The highest BCUT2D eigenvalue weighted by molar-refractivity contribution is 9.09. The van der Waals surface area contributed by atoms with E-state index in [4.69, 9.17) is 9.84 Å². The zero-order valence-electron chi connectivity index (χ0n) is 16.6. The molecule has 1 aromatic rings. The van der Waals surface area contributed by atoms with Crippen LogP contribution in [-0.4, -0.2) is 95.0 Å². The minimum Gasteiger partial charge on any atom is -0.449 e. The lowest BCUT2D eigenvalue weighted by Crippen LogP contribution is -2.71. The predicted molar refractivity (Wildman–Crippen MR) is 114 cm³/mol. The molecule has 1 saturated heterocycles. The molecule has 0 spiro atoms. The van der Waals surface area contributed by atoms with E-state index in [0.29, 0.717) is 16.5 Å². The molecule has 172 valence electrons. The van der Waals surface area contributed by atoms with Crippen LogP contribution in [0.15, 0.2) is 21.8 Å². The van der Waals surface area contributed by atoms with E-state index in [2.05, 4.69) is 46.8 Å². The van der Waals surface area contributed by atoms with E-state index < -0.39 is 40.9 Å². The van der Waals surface area contributed by atoms with Crippen LogP contribution in [0.25, 0.3) is 0 Å². The molecule has 2 N–H and O–H groups in total. The number of rotatable bonds is 9. The number of Topliss-reactive ketones (excluding diaryl/α,β-unsaturated/α-hetero) is 1. The number of β-lactam (4-membered cyclic amide) rings is 1. The number of fused-ring (bicyclic) bond motifs is 1. The lowest BCUT2D eigenvalue weighted by atomic mass is 10.1. The third-order valence-electron chi connectivity index (χ3n) is 4.20. The summed E-state index contributed by atoms with van der Waals surface area (Å²) in [6.45, 7) is 0. The average molecular weight is 550 g/mol. The summed E-state index contributed by atoms with van der Waals surface area (Å²) in [4.78, 5) is 54.0. The van der Waals surface area contributed by atoms with Crippen LogP contribution >= 0.6 is 39.5 Å². The van der Waals surface area contributed by atoms with Gasteiger partial charge in [0.05, 0.1) is 5.33 Å². The number of carbonyl (C=O) groups excluding carboxylic acids is 3. The molecular formula is C15H16BrN7O7S2. The summed E-state index contributed by atoms with van der Waals surface area (Å²) in [6, 6.07) is -0.998. The van der Waals surface area contributed by atoms with Crippen molar-refractivity contribution in [2.45, 2.75) is 16.6 Å². The van der Waals surface area contributed by atoms with Gasteiger partial charge in [-0.15, -0.1) is 16.9 Å². The van der Waals surface area contributed by atoms with Crippen LogP contribution in [0.1, 0.15) is 0 Å². The van der Waals surface area contributed by atoms with Gasteiger partial charge in [0.2, 0.25) is 22.5 Å². The number of aryl methyl sites for hydroxylation is 1. The lowest BCUT2D eigenvalue weighted by molar-refractivity contribution is -0.148. The Labute approximate surface area is 197 Å². The first kappa shape index (κ1) is 24.0. The molecule has 0 saturated carbocycles. The third kappa shape index (κ3) is 4.88. The largest absolute Gasteiger partial charge is 0.512 e. The van der Waals surface area contributed by atoms with E-state index in [-0.39, 0.29) is 17.0 Å². The zero-order valence-corrected chi connectivity index (χ0v) is 19.8. The van der Waals surface area contributed by atoms with Gasteiger partial charge in [0.25, 0.3) is 11.8 Å². The standard InChI is InChI=1S/C15H16BrN7O7S2/c1-22-14(18-20-21-22)32-5-6-4-31-13-9(11(26)23(13)12(6)30-15(27)28)17-10(25)8(19-29-2)7(24)3-16/h9,13H,3-5H2,1-2H3,(H,17,25)(H,27,28)/b19-8-/t9-,13-/m1/s1. The number of carbonyl (C=O) groups is 4. The van der Waals surface area contributed by atoms with Crippen molar-refractivity contribution in [3.63, 3.8) is 0 Å². The Morgan fingerprint density at radius 3 is 2.78 bits per heavy atom. The number of thioether (sulfide) groups is 2. The number of amides is 2. The van der Waals surface area contributed by atoms with Gasteiger partial charge in [0.15, 0.2) is 0 Å². The number of nitrogens with one attached hydrogen (secondary N) is 1. The summed E-state index contributed by atoms with van der Waals surface area (Å²) in [5, 5.41) is 25.8. The van der Waals surface area contributed by atoms with Crippen molar-refractivity contribution in [1.29, 1.82) is 0 Å². The van der Waals surface area contributed by atoms with Crippen LogP contribution in [0.3, 0.4) is 0 Å². The number of hydrogen-bond donors (Lipinski definition) is 2. The molecule has 0 radical (unpaired) electrons. The number of nitrogens with zero attached hydrogens (tertiary/aromatic N) is 6. The van der Waals surface area contributed by atoms with Gasteiger partial charge >= 0.3 is 6.16 Å². The van der Waals surface area contributed by atoms with Crippen LogP contribution in [-0.2, 0) is 31.0 Å². The van der Waals surface area contributed by atoms with Gasteiger partial charge < -0.3 is 20.0 Å². The maximum absolute atomic E-state index is 12.8. The number of halogens is 1. The Morgan fingerprint density at radius 1 is 1.44 bits per heavy atom. The molecule has 2 aliphatic rings. The zero-order chi connectivity index (χ0) is 23.4. The molecule has 14 nitrogen and oxygen atoms in total. The molecule has 3 rings (SSSR count). The van der Waals surface area contributed by atoms with Crippen LogP contribution < -0.4 is 5.32 Å². The van der Waals surface area contributed by atoms with E-state index >= 15 is 0 Å². The first-order valence-electron chi connectivity index (χ1n) is 8.72. The molecule has 3 heterocycles. The third-order valence-corrected chi connectivity index (χ3v) is 7.15. The van der Waals surface area contributed by atoms with Gasteiger partial charge in [-0.2, -0.15) is 0 Å². The van der Waals surface area contributed by atoms with Crippen molar-refractivity contribution in [3.05, 3.63) is 11.5 Å². The highest BCUT2D eigenvalue weighted by Crippen LogP contribution is 2.41. The van der Waals surface area contributed by atoms with Crippen molar-refractivity contribution in [3.8, 4) is 0 Å². The molecule has 2 atom stereocenters. The summed E-state index contributed by atoms with van der Waals surface area (Å²) in [5.74, 6) is -1.59. The molecule has 0 aromatic carbocycles.